The number of aryl methyl sites for hydroxylation is 2. The fourth-order valence-corrected chi connectivity index (χ4v) is 2.60. The molecule has 0 aliphatic rings. The first kappa shape index (κ1) is 19.1. The molecule has 1 aromatic heterocycles. The summed E-state index contributed by atoms with van der Waals surface area (Å²) in [5.74, 6) is 1.27. The van der Waals surface area contributed by atoms with Gasteiger partial charge in [-0.3, -0.25) is 9.69 Å². The standard InChI is InChI=1S/C19H28N4O2/c1-4-23(5-2)14-17-11-9-16(10-12-17)13-20-18(24)7-6-8-19-21-15(3)22-25-19/h9-12H,4-8,13-14H2,1-3H3,(H,20,24). The maximum atomic E-state index is 11.9. The van der Waals surface area contributed by atoms with Crippen molar-refractivity contribution >= 4 is 5.91 Å². The average Bonchev–Trinajstić information content (AvgIpc) is 3.04. The largest absolute Gasteiger partial charge is 0.352 e. The minimum Gasteiger partial charge on any atom is -0.352 e. The van der Waals surface area contributed by atoms with Crippen LogP contribution in [0.2, 0.25) is 0 Å². The van der Waals surface area contributed by atoms with E-state index in [1.807, 2.05) is 0 Å². The summed E-state index contributed by atoms with van der Waals surface area (Å²) in [5, 5.41) is 6.69. The van der Waals surface area contributed by atoms with Gasteiger partial charge in [-0.25, -0.2) is 0 Å². The molecule has 0 aliphatic carbocycles. The molecule has 0 radical (unpaired) electrons. The molecule has 136 valence electrons. The van der Waals surface area contributed by atoms with E-state index in [0.29, 0.717) is 37.5 Å². The van der Waals surface area contributed by atoms with Crippen LogP contribution in [-0.4, -0.2) is 34.0 Å². The van der Waals surface area contributed by atoms with Gasteiger partial charge in [0.25, 0.3) is 0 Å². The molecular formula is C19H28N4O2. The van der Waals surface area contributed by atoms with Crippen LogP contribution in [0, 0.1) is 6.92 Å². The summed E-state index contributed by atoms with van der Waals surface area (Å²) < 4.78 is 5.03. The third-order valence-corrected chi connectivity index (χ3v) is 4.18. The van der Waals surface area contributed by atoms with E-state index in [9.17, 15) is 4.79 Å². The van der Waals surface area contributed by atoms with Crippen molar-refractivity contribution in [3.8, 4) is 0 Å². The maximum absolute atomic E-state index is 11.9. The molecule has 6 nitrogen and oxygen atoms in total. The van der Waals surface area contributed by atoms with E-state index in [1.54, 1.807) is 6.92 Å². The lowest BCUT2D eigenvalue weighted by Gasteiger charge is -2.18. The van der Waals surface area contributed by atoms with Gasteiger partial charge in [-0.05, 0) is 37.6 Å². The first-order chi connectivity index (χ1) is 12.1. The zero-order valence-corrected chi connectivity index (χ0v) is 15.4. The predicted molar refractivity (Wildman–Crippen MR) is 96.9 cm³/mol. The summed E-state index contributed by atoms with van der Waals surface area (Å²) >= 11 is 0. The highest BCUT2D eigenvalue weighted by molar-refractivity contribution is 5.75. The molecule has 6 heteroatoms. The van der Waals surface area contributed by atoms with Crippen LogP contribution in [0.1, 0.15) is 49.5 Å². The Morgan fingerprint density at radius 2 is 1.84 bits per heavy atom. The van der Waals surface area contributed by atoms with Gasteiger partial charge in [0.1, 0.15) is 0 Å². The van der Waals surface area contributed by atoms with Crippen LogP contribution in [0.5, 0.6) is 0 Å². The van der Waals surface area contributed by atoms with Gasteiger partial charge in [0.2, 0.25) is 11.8 Å². The molecule has 1 N–H and O–H groups in total. The first-order valence-corrected chi connectivity index (χ1v) is 8.96. The van der Waals surface area contributed by atoms with Crippen LogP contribution in [0.15, 0.2) is 28.8 Å². The Bertz CT molecular complexity index is 648. The molecule has 0 aliphatic heterocycles. The van der Waals surface area contributed by atoms with Gasteiger partial charge in [-0.15, -0.1) is 0 Å². The fraction of sp³-hybridized carbons (Fsp3) is 0.526. The van der Waals surface area contributed by atoms with E-state index in [0.717, 1.165) is 25.2 Å². The molecule has 2 rings (SSSR count). The van der Waals surface area contributed by atoms with Crippen molar-refractivity contribution in [3.05, 3.63) is 47.1 Å². The number of nitrogens with zero attached hydrogens (tertiary/aromatic N) is 3. The van der Waals surface area contributed by atoms with E-state index in [1.165, 1.54) is 5.56 Å². The lowest BCUT2D eigenvalue weighted by Crippen LogP contribution is -2.23. The molecule has 1 aromatic carbocycles. The number of amides is 1. The number of aromatic nitrogens is 2. The minimum absolute atomic E-state index is 0.0449. The molecule has 0 saturated carbocycles. The van der Waals surface area contributed by atoms with Gasteiger partial charge >= 0.3 is 0 Å². The number of benzene rings is 1. The third kappa shape index (κ3) is 6.66. The van der Waals surface area contributed by atoms with Crippen molar-refractivity contribution in [1.29, 1.82) is 0 Å². The highest BCUT2D eigenvalue weighted by Crippen LogP contribution is 2.08. The van der Waals surface area contributed by atoms with Crippen LogP contribution >= 0.6 is 0 Å². The Morgan fingerprint density at radius 1 is 1.16 bits per heavy atom. The summed E-state index contributed by atoms with van der Waals surface area (Å²) in [4.78, 5) is 18.4. The van der Waals surface area contributed by atoms with Gasteiger partial charge in [-0.2, -0.15) is 4.98 Å². The second kappa shape index (κ2) is 9.93. The van der Waals surface area contributed by atoms with Gasteiger partial charge < -0.3 is 9.84 Å². The number of hydrogen-bond acceptors (Lipinski definition) is 5. The van der Waals surface area contributed by atoms with Crippen molar-refractivity contribution in [2.45, 2.75) is 53.1 Å². The smallest absolute Gasteiger partial charge is 0.226 e. The van der Waals surface area contributed by atoms with Crippen LogP contribution < -0.4 is 5.32 Å². The zero-order valence-electron chi connectivity index (χ0n) is 15.4. The summed E-state index contributed by atoms with van der Waals surface area (Å²) in [6, 6.07) is 8.44. The fourth-order valence-electron chi connectivity index (χ4n) is 2.60. The van der Waals surface area contributed by atoms with Crippen molar-refractivity contribution < 1.29 is 9.32 Å². The Morgan fingerprint density at radius 3 is 2.44 bits per heavy atom. The van der Waals surface area contributed by atoms with Crippen LogP contribution in [0.3, 0.4) is 0 Å². The van der Waals surface area contributed by atoms with Crippen LogP contribution in [0.4, 0.5) is 0 Å². The quantitative estimate of drug-likeness (QED) is 0.717. The molecule has 0 fully saturated rings. The minimum atomic E-state index is 0.0449. The molecule has 0 atom stereocenters. The molecule has 1 amide bonds. The Labute approximate surface area is 149 Å². The number of nitrogens with one attached hydrogen (secondary N) is 1. The van der Waals surface area contributed by atoms with Crippen molar-refractivity contribution in [2.75, 3.05) is 13.1 Å². The van der Waals surface area contributed by atoms with Crippen molar-refractivity contribution in [1.82, 2.24) is 20.4 Å². The van der Waals surface area contributed by atoms with Gasteiger partial charge in [0.15, 0.2) is 5.82 Å². The summed E-state index contributed by atoms with van der Waals surface area (Å²) in [6.07, 6.45) is 1.80. The Balaban J connectivity index is 1.68. The highest BCUT2D eigenvalue weighted by Gasteiger charge is 2.06. The van der Waals surface area contributed by atoms with E-state index in [-0.39, 0.29) is 5.91 Å². The maximum Gasteiger partial charge on any atom is 0.226 e. The van der Waals surface area contributed by atoms with Crippen LogP contribution in [-0.2, 0) is 24.3 Å². The highest BCUT2D eigenvalue weighted by atomic mass is 16.5. The van der Waals surface area contributed by atoms with E-state index < -0.39 is 0 Å². The van der Waals surface area contributed by atoms with Gasteiger partial charge in [-0.1, -0.05) is 43.3 Å². The third-order valence-electron chi connectivity index (χ3n) is 4.18. The molecule has 0 bridgehead atoms. The molecular weight excluding hydrogens is 316 g/mol. The second-order valence-corrected chi connectivity index (χ2v) is 6.14. The molecule has 1 heterocycles. The van der Waals surface area contributed by atoms with Gasteiger partial charge in [0, 0.05) is 25.9 Å². The van der Waals surface area contributed by atoms with Gasteiger partial charge in [0.05, 0.1) is 0 Å². The Kier molecular flexibility index (Phi) is 7.60. The number of hydrogen-bond donors (Lipinski definition) is 1. The second-order valence-electron chi connectivity index (χ2n) is 6.14. The molecule has 0 unspecified atom stereocenters. The number of carbonyl (C=O) groups excluding carboxylic acids is 1. The Hall–Kier alpha value is -2.21. The average molecular weight is 344 g/mol. The predicted octanol–water partition coefficient (Wildman–Crippen LogP) is 2.86. The molecule has 2 aromatic rings. The normalized spacial score (nSPS) is 11.0. The lowest BCUT2D eigenvalue weighted by atomic mass is 10.1. The summed E-state index contributed by atoms with van der Waals surface area (Å²) in [7, 11) is 0. The van der Waals surface area contributed by atoms with E-state index in [2.05, 4.69) is 58.5 Å². The van der Waals surface area contributed by atoms with E-state index in [4.69, 9.17) is 4.52 Å². The molecule has 0 saturated heterocycles. The first-order valence-electron chi connectivity index (χ1n) is 8.96. The molecule has 0 spiro atoms. The van der Waals surface area contributed by atoms with Crippen molar-refractivity contribution in [3.63, 3.8) is 0 Å². The number of rotatable bonds is 10. The van der Waals surface area contributed by atoms with Crippen LogP contribution in [0.25, 0.3) is 0 Å². The number of carbonyl (C=O) groups is 1. The summed E-state index contributed by atoms with van der Waals surface area (Å²) in [6.45, 7) is 9.76. The topological polar surface area (TPSA) is 71.3 Å². The SMILES string of the molecule is CCN(CC)Cc1ccc(CNC(=O)CCCc2nc(C)no2)cc1. The monoisotopic (exact) mass is 344 g/mol. The summed E-state index contributed by atoms with van der Waals surface area (Å²) in [5.41, 5.74) is 2.41. The zero-order chi connectivity index (χ0) is 18.1. The lowest BCUT2D eigenvalue weighted by molar-refractivity contribution is -0.121. The molecule has 25 heavy (non-hydrogen) atoms. The van der Waals surface area contributed by atoms with Crippen molar-refractivity contribution in [2.24, 2.45) is 0 Å². The van der Waals surface area contributed by atoms with E-state index >= 15 is 0 Å².